The molecule has 3 aliphatic rings. The summed E-state index contributed by atoms with van der Waals surface area (Å²) < 4.78 is 13.9. The second-order valence-electron chi connectivity index (χ2n) is 13.0. The van der Waals surface area contributed by atoms with E-state index in [1.807, 2.05) is 18.2 Å². The van der Waals surface area contributed by atoms with Gasteiger partial charge in [-0.1, -0.05) is 0 Å². The van der Waals surface area contributed by atoms with Crippen LogP contribution in [0.3, 0.4) is 0 Å². The number of aliphatic carboxylic acids is 2. The van der Waals surface area contributed by atoms with Crippen molar-refractivity contribution >= 4 is 74.9 Å². The van der Waals surface area contributed by atoms with E-state index in [4.69, 9.17) is 42.9 Å². The Morgan fingerprint density at radius 3 is 2.35 bits per heavy atom. The molecule has 0 radical (unpaired) electrons. The van der Waals surface area contributed by atoms with Crippen molar-refractivity contribution in [1.82, 2.24) is 25.8 Å². The van der Waals surface area contributed by atoms with E-state index in [1.54, 1.807) is 30.3 Å². The average Bonchev–Trinajstić information content (AvgIpc) is 3.48. The Labute approximate surface area is 327 Å². The molecule has 7 N–H and O–H groups in total. The summed E-state index contributed by atoms with van der Waals surface area (Å²) in [6.07, 6.45) is -2.54. The minimum atomic E-state index is -3.47. The smallest absolute Gasteiger partial charge is 0.481 e. The molecule has 0 spiro atoms. The number of carboxylic acid groups (broad SMARTS) is 2. The maximum absolute atomic E-state index is 13.5. The van der Waals surface area contributed by atoms with Crippen LogP contribution in [0.2, 0.25) is 10.0 Å². The number of rotatable bonds is 15. The Kier molecular flexibility index (Phi) is 12.9. The van der Waals surface area contributed by atoms with Gasteiger partial charge in [0.05, 0.1) is 0 Å². The third-order valence-corrected chi connectivity index (χ3v) is 20.5. The number of fused-ring (bicyclic) bond motifs is 3. The van der Waals surface area contributed by atoms with Crippen molar-refractivity contribution in [2.24, 2.45) is 0 Å². The number of aromatic nitrogens is 3. The molecule has 2 aromatic heterocycles. The Bertz CT molecular complexity index is 2040. The van der Waals surface area contributed by atoms with Gasteiger partial charge in [0.25, 0.3) is 0 Å². The molecule has 4 atom stereocenters. The summed E-state index contributed by atoms with van der Waals surface area (Å²) in [5.74, 6) is -2.44. The Morgan fingerprint density at radius 1 is 0.963 bits per heavy atom. The molecular weight excluding hydrogens is 846 g/mol. The number of carbonyl (C=O) groups excluding carboxylic acids is 1. The van der Waals surface area contributed by atoms with E-state index in [-0.39, 0.29) is 53.7 Å². The first kappa shape index (κ1) is 39.7. The molecule has 0 fully saturated rings. The zero-order chi connectivity index (χ0) is 38.5. The number of nitrogens with zero attached hydrogens (tertiary/aromatic N) is 3. The van der Waals surface area contributed by atoms with Crippen LogP contribution in [-0.2, 0) is 22.6 Å². The molecule has 7 rings (SSSR count). The first-order valence-corrected chi connectivity index (χ1v) is 23.0. The van der Waals surface area contributed by atoms with Gasteiger partial charge in [0, 0.05) is 0 Å². The Hall–Kier alpha value is -4.03. The number of carboxylic acids is 2. The van der Waals surface area contributed by atoms with Crippen molar-refractivity contribution in [2.45, 2.75) is 47.8 Å². The number of halogens is 2. The molecule has 1 amide bonds. The van der Waals surface area contributed by atoms with E-state index in [9.17, 15) is 24.6 Å². The first-order valence-electron chi connectivity index (χ1n) is 17.1. The van der Waals surface area contributed by atoms with E-state index in [1.165, 1.54) is 7.11 Å². The van der Waals surface area contributed by atoms with Crippen LogP contribution in [0.15, 0.2) is 54.6 Å². The van der Waals surface area contributed by atoms with Crippen LogP contribution in [0.25, 0.3) is 0 Å². The Morgan fingerprint density at radius 2 is 1.67 bits per heavy atom. The predicted molar refractivity (Wildman–Crippen MR) is 200 cm³/mol. The number of methoxy groups -OCH3 is 1. The fourth-order valence-electron chi connectivity index (χ4n) is 6.93. The number of hydrogen-bond acceptors (Lipinski definition) is 12. The van der Waals surface area contributed by atoms with E-state index >= 15 is 0 Å². The topological polar surface area (TPSA) is 225 Å². The van der Waals surface area contributed by atoms with Crippen molar-refractivity contribution in [3.63, 3.8) is 0 Å². The summed E-state index contributed by atoms with van der Waals surface area (Å²) in [5, 5.41) is 56.6. The number of nitrogens with one attached hydrogen (secondary N) is 3. The summed E-state index contributed by atoms with van der Waals surface area (Å²) in [4.78, 5) is 40.3. The number of ether oxygens (including phenoxy) is 2. The summed E-state index contributed by atoms with van der Waals surface area (Å²) in [6, 6.07) is 16.5. The molecule has 0 aliphatic carbocycles. The molecular formula is C36H37Cl2InN6O9. The number of anilines is 1. The van der Waals surface area contributed by atoms with Crippen LogP contribution in [-0.4, -0.2) is 118 Å². The van der Waals surface area contributed by atoms with Crippen LogP contribution in [0.4, 0.5) is 5.82 Å². The molecule has 0 saturated carbocycles. The van der Waals surface area contributed by atoms with Gasteiger partial charge in [-0.05, 0) is 0 Å². The first-order chi connectivity index (χ1) is 25.9. The second kappa shape index (κ2) is 17.6. The number of benzene rings is 2. The summed E-state index contributed by atoms with van der Waals surface area (Å²) in [6.45, 7) is 0.541. The van der Waals surface area contributed by atoms with Crippen molar-refractivity contribution < 1.29 is 44.3 Å². The number of carbonyl (C=O) groups is 3. The standard InChI is InChI=1S/C36H37Cl2N6O9.In/c1-52-35-22(17-39-18-23(45)15-32(47)48)14-29(38)36(42-35)53-13-12-21-6-2-3-7-25(21)27(20-40-19-24(46)16-33(49)50)30-10-11-31(44-43-30)41-34(51)26-8-4-5-9-28(26)37;/h2-5,7-8,10-11,13-14,23-24,27,39-40,45-46H,12,15-20H2,1H3,(H,47,48)(H,49,50)(H,41,44,51);/t23-,24-,27+;/m0./s1. The van der Waals surface area contributed by atoms with Gasteiger partial charge >= 0.3 is 319 Å². The zero-order valence-corrected chi connectivity index (χ0v) is 33.8. The average molecular weight is 883 g/mol. The molecule has 54 heavy (non-hydrogen) atoms. The van der Waals surface area contributed by atoms with Gasteiger partial charge in [-0.2, -0.15) is 0 Å². The third-order valence-electron chi connectivity index (χ3n) is 9.31. The predicted octanol–water partition coefficient (Wildman–Crippen LogP) is 1.39. The van der Waals surface area contributed by atoms with E-state index < -0.39 is 68.2 Å². The number of amides is 1. The van der Waals surface area contributed by atoms with E-state index in [0.29, 0.717) is 29.2 Å². The van der Waals surface area contributed by atoms with Crippen LogP contribution >= 0.6 is 23.2 Å². The van der Waals surface area contributed by atoms with Gasteiger partial charge in [0.15, 0.2) is 0 Å². The molecule has 8 bridgehead atoms. The van der Waals surface area contributed by atoms with E-state index in [2.05, 4.69) is 37.2 Å². The van der Waals surface area contributed by atoms with E-state index in [0.717, 1.165) is 17.8 Å². The normalized spacial score (nSPS) is 17.1. The molecule has 0 saturated heterocycles. The maximum atomic E-state index is 13.5. The van der Waals surface area contributed by atoms with Crippen LogP contribution in [0, 0.1) is 0 Å². The van der Waals surface area contributed by atoms with Gasteiger partial charge < -0.3 is 5.11 Å². The fourth-order valence-corrected chi connectivity index (χ4v) is 18.4. The Balaban J connectivity index is 1.38. The van der Waals surface area contributed by atoms with Crippen molar-refractivity contribution in [2.75, 3.05) is 32.1 Å². The molecule has 5 heterocycles. The van der Waals surface area contributed by atoms with Crippen LogP contribution in [0.1, 0.15) is 51.5 Å². The molecule has 282 valence electrons. The third kappa shape index (κ3) is 9.08. The number of aliphatic hydroxyl groups excluding tert-OH is 2. The molecule has 4 aromatic rings. The molecule has 18 heteroatoms. The quantitative estimate of drug-likeness (QED) is 0.0897. The minimum Gasteiger partial charge on any atom is -0.481 e. The van der Waals surface area contributed by atoms with Gasteiger partial charge in [0.1, 0.15) is 0 Å². The zero-order valence-electron chi connectivity index (χ0n) is 29.0. The molecule has 15 nitrogen and oxygen atoms in total. The van der Waals surface area contributed by atoms with Gasteiger partial charge in [-0.25, -0.2) is 0 Å². The number of pyridine rings is 1. The van der Waals surface area contributed by atoms with Crippen LogP contribution in [0.5, 0.6) is 11.8 Å². The molecule has 2 aromatic carbocycles. The SMILES string of the molecule is COc1nc(O[C@@H]2Cc3c4ccc[c]3[In]2[c]2cccc(c2Cl)C(=O)Nc2ccc(nn2)[C@@H]4CNC[C@@H](O)CC(=O)O)c(Cl)cc1CNC[C@@H](O)CC(=O)O. The second-order valence-corrected chi connectivity index (χ2v) is 22.2. The number of hydrogen-bond donors (Lipinski definition) is 7. The summed E-state index contributed by atoms with van der Waals surface area (Å²) in [7, 11) is 1.45. The molecule has 3 aliphatic heterocycles. The summed E-state index contributed by atoms with van der Waals surface area (Å²) in [5.41, 5.74) is 3.42. The van der Waals surface area contributed by atoms with Crippen molar-refractivity contribution in [3.8, 4) is 11.8 Å². The fraction of sp³-hybridized carbons (Fsp3) is 0.333. The van der Waals surface area contributed by atoms with Crippen molar-refractivity contribution in [3.05, 3.63) is 92.6 Å². The number of aliphatic hydroxyl groups is 2. The molecule has 0 unspecified atom stereocenters. The van der Waals surface area contributed by atoms with Gasteiger partial charge in [-0.3, -0.25) is 4.79 Å². The van der Waals surface area contributed by atoms with Gasteiger partial charge in [-0.15, -0.1) is 0 Å². The monoisotopic (exact) mass is 882 g/mol. The minimum absolute atomic E-state index is 0.0249. The van der Waals surface area contributed by atoms with Crippen LogP contribution < -0.4 is 32.1 Å². The summed E-state index contributed by atoms with van der Waals surface area (Å²) >= 11 is 10.4. The van der Waals surface area contributed by atoms with Crippen molar-refractivity contribution in [1.29, 1.82) is 0 Å². The van der Waals surface area contributed by atoms with Gasteiger partial charge in [0.2, 0.25) is 0 Å².